The normalized spacial score (nSPS) is 13.9. The molecule has 0 spiro atoms. The standard InChI is InChI=1S/C24H27NO2/c1-24(2,3)21-11-9-17(10-12-21)15-27-16-20-14-19-7-4-6-18-8-5-13-25(22(18)19)23(20)26/h4,6-7,9-12,14H,5,8,13,15-16H2,1-3H3. The van der Waals surface area contributed by atoms with Crippen LogP contribution in [0.25, 0.3) is 10.9 Å². The fraction of sp³-hybridized carbons (Fsp3) is 0.375. The van der Waals surface area contributed by atoms with E-state index in [2.05, 4.69) is 63.2 Å². The molecule has 0 saturated heterocycles. The molecule has 3 heteroatoms. The van der Waals surface area contributed by atoms with Crippen molar-refractivity contribution in [2.75, 3.05) is 0 Å². The highest BCUT2D eigenvalue weighted by Crippen LogP contribution is 2.25. The molecule has 0 atom stereocenters. The third-order valence-electron chi connectivity index (χ3n) is 5.44. The van der Waals surface area contributed by atoms with Gasteiger partial charge in [-0.2, -0.15) is 0 Å². The lowest BCUT2D eigenvalue weighted by atomic mass is 9.87. The first-order chi connectivity index (χ1) is 12.9. The summed E-state index contributed by atoms with van der Waals surface area (Å²) in [6, 6.07) is 16.9. The number of para-hydroxylation sites is 1. The maximum atomic E-state index is 12.9. The van der Waals surface area contributed by atoms with E-state index in [-0.39, 0.29) is 11.0 Å². The van der Waals surface area contributed by atoms with E-state index in [0.29, 0.717) is 13.2 Å². The molecule has 140 valence electrons. The summed E-state index contributed by atoms with van der Waals surface area (Å²) in [7, 11) is 0. The van der Waals surface area contributed by atoms with Crippen LogP contribution in [0.3, 0.4) is 0 Å². The van der Waals surface area contributed by atoms with Crippen LogP contribution >= 0.6 is 0 Å². The third kappa shape index (κ3) is 3.57. The summed E-state index contributed by atoms with van der Waals surface area (Å²) in [6.45, 7) is 8.30. The highest BCUT2D eigenvalue weighted by Gasteiger charge is 2.16. The molecular weight excluding hydrogens is 334 g/mol. The Morgan fingerprint density at radius 2 is 1.81 bits per heavy atom. The van der Waals surface area contributed by atoms with Crippen LogP contribution in [0.4, 0.5) is 0 Å². The first-order valence-corrected chi connectivity index (χ1v) is 9.75. The van der Waals surface area contributed by atoms with Gasteiger partial charge >= 0.3 is 0 Å². The monoisotopic (exact) mass is 361 g/mol. The van der Waals surface area contributed by atoms with Crippen LogP contribution in [0.2, 0.25) is 0 Å². The fourth-order valence-corrected chi connectivity index (χ4v) is 3.91. The number of hydrogen-bond donors (Lipinski definition) is 0. The third-order valence-corrected chi connectivity index (χ3v) is 5.44. The highest BCUT2D eigenvalue weighted by atomic mass is 16.5. The Balaban J connectivity index is 1.51. The van der Waals surface area contributed by atoms with Gasteiger partial charge in [0.05, 0.1) is 18.7 Å². The van der Waals surface area contributed by atoms with Gasteiger partial charge in [0.15, 0.2) is 0 Å². The maximum absolute atomic E-state index is 12.9. The number of benzene rings is 2. The predicted molar refractivity (Wildman–Crippen MR) is 110 cm³/mol. The second-order valence-corrected chi connectivity index (χ2v) is 8.52. The quantitative estimate of drug-likeness (QED) is 0.657. The van der Waals surface area contributed by atoms with E-state index in [1.54, 1.807) is 0 Å². The van der Waals surface area contributed by atoms with E-state index in [9.17, 15) is 4.79 Å². The van der Waals surface area contributed by atoms with Gasteiger partial charge in [-0.05, 0) is 46.4 Å². The van der Waals surface area contributed by atoms with Crippen molar-refractivity contribution in [3.8, 4) is 0 Å². The molecule has 0 amide bonds. The minimum atomic E-state index is 0.0951. The van der Waals surface area contributed by atoms with Gasteiger partial charge in [0.25, 0.3) is 5.56 Å². The van der Waals surface area contributed by atoms with Crippen molar-refractivity contribution in [1.29, 1.82) is 0 Å². The van der Waals surface area contributed by atoms with E-state index in [1.807, 2.05) is 10.6 Å². The summed E-state index contributed by atoms with van der Waals surface area (Å²) in [5.74, 6) is 0. The van der Waals surface area contributed by atoms with Crippen molar-refractivity contribution in [2.45, 2.75) is 58.8 Å². The molecule has 0 aliphatic carbocycles. The lowest BCUT2D eigenvalue weighted by Gasteiger charge is -2.20. The maximum Gasteiger partial charge on any atom is 0.256 e. The largest absolute Gasteiger partial charge is 0.372 e. The van der Waals surface area contributed by atoms with E-state index in [4.69, 9.17) is 4.74 Å². The minimum absolute atomic E-state index is 0.0951. The van der Waals surface area contributed by atoms with Gasteiger partial charge in [0.1, 0.15) is 0 Å². The molecular formula is C24H27NO2. The zero-order chi connectivity index (χ0) is 19.0. The zero-order valence-corrected chi connectivity index (χ0v) is 16.4. The summed E-state index contributed by atoms with van der Waals surface area (Å²) < 4.78 is 7.83. The molecule has 1 aromatic heterocycles. The minimum Gasteiger partial charge on any atom is -0.372 e. The van der Waals surface area contributed by atoms with Gasteiger partial charge in [-0.25, -0.2) is 0 Å². The molecule has 0 fully saturated rings. The molecule has 0 N–H and O–H groups in total. The number of aryl methyl sites for hydroxylation is 2. The van der Waals surface area contributed by atoms with Gasteiger partial charge in [0, 0.05) is 12.1 Å². The van der Waals surface area contributed by atoms with Gasteiger partial charge in [-0.1, -0.05) is 63.2 Å². The molecule has 0 radical (unpaired) electrons. The van der Waals surface area contributed by atoms with Crippen molar-refractivity contribution in [3.05, 3.63) is 81.1 Å². The van der Waals surface area contributed by atoms with Crippen LogP contribution in [-0.4, -0.2) is 4.57 Å². The molecule has 0 bridgehead atoms. The van der Waals surface area contributed by atoms with Crippen molar-refractivity contribution < 1.29 is 4.74 Å². The van der Waals surface area contributed by atoms with Crippen molar-refractivity contribution in [2.24, 2.45) is 0 Å². The van der Waals surface area contributed by atoms with Crippen molar-refractivity contribution >= 4 is 10.9 Å². The molecule has 0 unspecified atom stereocenters. The fourth-order valence-electron chi connectivity index (χ4n) is 3.91. The summed E-state index contributed by atoms with van der Waals surface area (Å²) in [4.78, 5) is 12.9. The van der Waals surface area contributed by atoms with Crippen LogP contribution in [0.15, 0.2) is 53.3 Å². The number of hydrogen-bond acceptors (Lipinski definition) is 2. The Morgan fingerprint density at radius 3 is 2.56 bits per heavy atom. The molecule has 0 saturated carbocycles. The number of nitrogens with zero attached hydrogens (tertiary/aromatic N) is 1. The zero-order valence-electron chi connectivity index (χ0n) is 16.4. The second kappa shape index (κ2) is 6.97. The topological polar surface area (TPSA) is 31.2 Å². The van der Waals surface area contributed by atoms with E-state index >= 15 is 0 Å². The smallest absolute Gasteiger partial charge is 0.256 e. The SMILES string of the molecule is CC(C)(C)c1ccc(COCc2cc3cccc4c3n(c2=O)CCC4)cc1. The van der Waals surface area contributed by atoms with E-state index < -0.39 is 0 Å². The second-order valence-electron chi connectivity index (χ2n) is 8.52. The van der Waals surface area contributed by atoms with Crippen LogP contribution < -0.4 is 5.56 Å². The Bertz CT molecular complexity index is 1020. The summed E-state index contributed by atoms with van der Waals surface area (Å²) in [5.41, 5.74) is 5.82. The van der Waals surface area contributed by atoms with Crippen molar-refractivity contribution in [1.82, 2.24) is 4.57 Å². The van der Waals surface area contributed by atoms with Crippen LogP contribution in [0, 0.1) is 0 Å². The van der Waals surface area contributed by atoms with E-state index in [1.165, 1.54) is 11.1 Å². The highest BCUT2D eigenvalue weighted by molar-refractivity contribution is 5.83. The molecule has 4 rings (SSSR count). The summed E-state index contributed by atoms with van der Waals surface area (Å²) in [6.07, 6.45) is 2.08. The van der Waals surface area contributed by atoms with Crippen LogP contribution in [0.5, 0.6) is 0 Å². The number of pyridine rings is 1. The molecule has 2 aromatic carbocycles. The molecule has 3 nitrogen and oxygen atoms in total. The van der Waals surface area contributed by atoms with Gasteiger partial charge in [-0.15, -0.1) is 0 Å². The number of ether oxygens (including phenoxy) is 1. The Labute approximate surface area is 160 Å². The lowest BCUT2D eigenvalue weighted by molar-refractivity contribution is 0.106. The predicted octanol–water partition coefficient (Wildman–Crippen LogP) is 4.96. The van der Waals surface area contributed by atoms with Gasteiger partial charge in [0.2, 0.25) is 0 Å². The Morgan fingerprint density at radius 1 is 1.04 bits per heavy atom. The van der Waals surface area contributed by atoms with Crippen LogP contribution in [0.1, 0.15) is 49.4 Å². The van der Waals surface area contributed by atoms with Crippen molar-refractivity contribution in [3.63, 3.8) is 0 Å². The average Bonchev–Trinajstić information content (AvgIpc) is 2.65. The van der Waals surface area contributed by atoms with E-state index in [0.717, 1.165) is 41.4 Å². The number of rotatable bonds is 4. The molecule has 27 heavy (non-hydrogen) atoms. The Hall–Kier alpha value is -2.39. The van der Waals surface area contributed by atoms with Gasteiger partial charge < -0.3 is 9.30 Å². The Kier molecular flexibility index (Phi) is 4.65. The average molecular weight is 361 g/mol. The summed E-state index contributed by atoms with van der Waals surface area (Å²) >= 11 is 0. The molecule has 3 aromatic rings. The van der Waals surface area contributed by atoms with Gasteiger partial charge in [-0.3, -0.25) is 4.79 Å². The molecule has 1 aliphatic rings. The first kappa shape index (κ1) is 18.0. The molecule has 1 aliphatic heterocycles. The number of aromatic nitrogens is 1. The molecule has 2 heterocycles. The summed E-state index contributed by atoms with van der Waals surface area (Å²) in [5, 5.41) is 1.14. The van der Waals surface area contributed by atoms with Crippen LogP contribution in [-0.2, 0) is 36.3 Å². The lowest BCUT2D eigenvalue weighted by Crippen LogP contribution is -2.27. The first-order valence-electron chi connectivity index (χ1n) is 9.75.